The van der Waals surface area contributed by atoms with E-state index < -0.39 is 0 Å². The number of fused-ring (bicyclic) bond motifs is 7. The lowest BCUT2D eigenvalue weighted by Gasteiger charge is -2.14. The number of nitrogens with zero attached hydrogens (tertiary/aromatic N) is 2. The quantitative estimate of drug-likeness (QED) is 0.0998. The van der Waals surface area contributed by atoms with Crippen molar-refractivity contribution in [2.24, 2.45) is 0 Å². The zero-order valence-corrected chi connectivity index (χ0v) is 27.6. The number of hydrogen-bond donors (Lipinski definition) is 0. The van der Waals surface area contributed by atoms with Gasteiger partial charge in [0.1, 0.15) is 0 Å². The van der Waals surface area contributed by atoms with Crippen LogP contribution < -0.4 is 0 Å². The average molecular weight is 625 g/mol. The smallest absolute Gasteiger partial charge is 0.0988 e. The topological polar surface area (TPSA) is 25.8 Å². The Labute approximate surface area is 264 Å². The van der Waals surface area contributed by atoms with Crippen molar-refractivity contribution >= 4 is 87.6 Å². The van der Waals surface area contributed by atoms with Gasteiger partial charge >= 0.3 is 0 Å². The standard InChI is InChI=1S/C36H36N2S4/c1-3-5-7-9-11-23-15-19-39-33(23)25-13-14-26(34-24(16-20-40-34)12-10-8-6-4-2)30-29(25)37-31-27-17-21-41-35(27)36-28(18-22-42-36)32(31)38-30/h13-22H,3-12H2,1-2H3. The van der Waals surface area contributed by atoms with Gasteiger partial charge in [0, 0.05) is 31.7 Å². The number of hydrogen-bond acceptors (Lipinski definition) is 6. The molecule has 0 spiro atoms. The zero-order valence-electron chi connectivity index (χ0n) is 24.4. The van der Waals surface area contributed by atoms with Crippen LogP contribution >= 0.6 is 45.3 Å². The minimum absolute atomic E-state index is 1.04. The van der Waals surface area contributed by atoms with Crippen molar-refractivity contribution in [3.05, 3.63) is 69.0 Å². The lowest BCUT2D eigenvalue weighted by Crippen LogP contribution is -1.96. The lowest BCUT2D eigenvalue weighted by molar-refractivity contribution is 0.668. The highest BCUT2D eigenvalue weighted by Gasteiger charge is 2.21. The van der Waals surface area contributed by atoms with E-state index in [0.717, 1.165) is 34.9 Å². The first-order valence-electron chi connectivity index (χ1n) is 15.4. The molecule has 0 aliphatic heterocycles. The summed E-state index contributed by atoms with van der Waals surface area (Å²) in [6.07, 6.45) is 12.5. The molecule has 0 N–H and O–H groups in total. The highest BCUT2D eigenvalue weighted by Crippen LogP contribution is 2.44. The van der Waals surface area contributed by atoms with Crippen LogP contribution in [0.1, 0.15) is 76.3 Å². The lowest BCUT2D eigenvalue weighted by atomic mass is 9.98. The third kappa shape index (κ3) is 5.11. The molecule has 5 heterocycles. The number of thiophene rings is 4. The summed E-state index contributed by atoms with van der Waals surface area (Å²) in [7, 11) is 0. The van der Waals surface area contributed by atoms with Crippen LogP contribution in [-0.2, 0) is 12.8 Å². The molecule has 0 radical (unpaired) electrons. The predicted molar refractivity (Wildman–Crippen MR) is 190 cm³/mol. The van der Waals surface area contributed by atoms with E-state index in [9.17, 15) is 0 Å². The second-order valence-electron chi connectivity index (χ2n) is 11.3. The van der Waals surface area contributed by atoms with Gasteiger partial charge in [0.25, 0.3) is 0 Å². The highest BCUT2D eigenvalue weighted by molar-refractivity contribution is 7.26. The molecular weight excluding hydrogens is 589 g/mol. The van der Waals surface area contributed by atoms with Crippen molar-refractivity contribution in [3.8, 4) is 20.9 Å². The normalized spacial score (nSPS) is 12.0. The number of benzene rings is 2. The van der Waals surface area contributed by atoms with Crippen LogP contribution in [0.2, 0.25) is 0 Å². The van der Waals surface area contributed by atoms with Gasteiger partial charge in [0.2, 0.25) is 0 Å². The largest absolute Gasteiger partial charge is 0.243 e. The van der Waals surface area contributed by atoms with E-state index in [1.54, 1.807) is 0 Å². The summed E-state index contributed by atoms with van der Waals surface area (Å²) in [6.45, 7) is 4.57. The third-order valence-electron chi connectivity index (χ3n) is 8.45. The predicted octanol–water partition coefficient (Wildman–Crippen LogP) is 12.9. The molecular formula is C36H36N2S4. The number of unbranched alkanes of at least 4 members (excludes halogenated alkanes) is 6. The molecule has 0 aliphatic rings. The summed E-state index contributed by atoms with van der Waals surface area (Å²) in [6, 6.07) is 13.8. The van der Waals surface area contributed by atoms with Crippen LogP contribution in [0.15, 0.2) is 57.9 Å². The minimum Gasteiger partial charge on any atom is -0.243 e. The van der Waals surface area contributed by atoms with Crippen LogP contribution in [0.3, 0.4) is 0 Å². The van der Waals surface area contributed by atoms with Crippen molar-refractivity contribution in [2.45, 2.75) is 78.1 Å². The summed E-state index contributed by atoms with van der Waals surface area (Å²) >= 11 is 7.35. The van der Waals surface area contributed by atoms with Gasteiger partial charge in [0.15, 0.2) is 0 Å². The maximum atomic E-state index is 5.56. The maximum absolute atomic E-state index is 5.56. The van der Waals surface area contributed by atoms with E-state index in [1.807, 2.05) is 45.3 Å². The summed E-state index contributed by atoms with van der Waals surface area (Å²) in [4.78, 5) is 13.8. The van der Waals surface area contributed by atoms with E-state index in [-0.39, 0.29) is 0 Å². The summed E-state index contributed by atoms with van der Waals surface area (Å²) in [5.74, 6) is 0. The molecule has 2 nitrogen and oxygen atoms in total. The van der Waals surface area contributed by atoms with Gasteiger partial charge in [-0.2, -0.15) is 0 Å². The number of rotatable bonds is 12. The first-order valence-corrected chi connectivity index (χ1v) is 18.9. The van der Waals surface area contributed by atoms with Crippen LogP contribution in [-0.4, -0.2) is 9.97 Å². The molecule has 0 amide bonds. The fourth-order valence-electron chi connectivity index (χ4n) is 6.24. The number of aryl methyl sites for hydroxylation is 2. The summed E-state index contributed by atoms with van der Waals surface area (Å²) < 4.78 is 2.67. The second-order valence-corrected chi connectivity index (χ2v) is 14.9. The van der Waals surface area contributed by atoms with Gasteiger partial charge in [-0.1, -0.05) is 64.5 Å². The fourth-order valence-corrected chi connectivity index (χ4v) is 10.2. The van der Waals surface area contributed by atoms with Gasteiger partial charge in [-0.25, -0.2) is 9.97 Å². The maximum Gasteiger partial charge on any atom is 0.0988 e. The molecule has 214 valence electrons. The highest BCUT2D eigenvalue weighted by atomic mass is 32.1. The molecule has 5 aromatic heterocycles. The zero-order chi connectivity index (χ0) is 28.5. The van der Waals surface area contributed by atoms with E-state index in [1.165, 1.54) is 104 Å². The third-order valence-corrected chi connectivity index (χ3v) is 12.4. The Morgan fingerprint density at radius 3 is 1.38 bits per heavy atom. The molecule has 0 atom stereocenters. The van der Waals surface area contributed by atoms with E-state index >= 15 is 0 Å². The molecule has 2 aromatic carbocycles. The molecule has 0 unspecified atom stereocenters. The molecule has 0 saturated carbocycles. The molecule has 7 aromatic rings. The molecule has 0 bridgehead atoms. The van der Waals surface area contributed by atoms with Gasteiger partial charge in [-0.3, -0.25) is 0 Å². The van der Waals surface area contributed by atoms with Crippen molar-refractivity contribution in [3.63, 3.8) is 0 Å². The minimum atomic E-state index is 1.04. The van der Waals surface area contributed by atoms with Crippen molar-refractivity contribution in [2.75, 3.05) is 0 Å². The van der Waals surface area contributed by atoms with Crippen molar-refractivity contribution in [1.29, 1.82) is 0 Å². The van der Waals surface area contributed by atoms with Crippen LogP contribution in [0, 0.1) is 0 Å². The number of aromatic nitrogens is 2. The van der Waals surface area contributed by atoms with E-state index in [4.69, 9.17) is 9.97 Å². The van der Waals surface area contributed by atoms with Gasteiger partial charge in [0.05, 0.1) is 31.5 Å². The van der Waals surface area contributed by atoms with Gasteiger partial charge in [-0.15, -0.1) is 45.3 Å². The van der Waals surface area contributed by atoms with Crippen molar-refractivity contribution < 1.29 is 0 Å². The molecule has 42 heavy (non-hydrogen) atoms. The fraction of sp³-hybridized carbons (Fsp3) is 0.333. The van der Waals surface area contributed by atoms with Crippen LogP contribution in [0.4, 0.5) is 0 Å². The Balaban J connectivity index is 1.45. The summed E-state index contributed by atoms with van der Waals surface area (Å²) in [5, 5.41) is 11.4. The average Bonchev–Trinajstić information content (AvgIpc) is 3.83. The molecule has 6 heteroatoms. The first-order chi connectivity index (χ1) is 20.8. The van der Waals surface area contributed by atoms with Crippen LogP contribution in [0.25, 0.3) is 63.1 Å². The first kappa shape index (κ1) is 28.1. The van der Waals surface area contributed by atoms with E-state index in [2.05, 4.69) is 71.8 Å². The molecule has 0 saturated heterocycles. The van der Waals surface area contributed by atoms with Gasteiger partial charge in [-0.05, 0) is 82.6 Å². The Morgan fingerprint density at radius 1 is 0.476 bits per heavy atom. The van der Waals surface area contributed by atoms with Crippen LogP contribution in [0.5, 0.6) is 0 Å². The van der Waals surface area contributed by atoms with E-state index in [0.29, 0.717) is 0 Å². The second kappa shape index (κ2) is 12.5. The monoisotopic (exact) mass is 624 g/mol. The Hall–Kier alpha value is -2.64. The molecule has 7 rings (SSSR count). The molecule has 0 fully saturated rings. The van der Waals surface area contributed by atoms with Gasteiger partial charge < -0.3 is 0 Å². The van der Waals surface area contributed by atoms with Crippen molar-refractivity contribution in [1.82, 2.24) is 9.97 Å². The molecule has 0 aliphatic carbocycles. The Morgan fingerprint density at radius 2 is 0.929 bits per heavy atom. The Kier molecular flexibility index (Phi) is 8.40. The Bertz CT molecular complexity index is 1840. The SMILES string of the molecule is CCCCCCc1ccsc1-c1ccc(-c2sccc2CCCCCC)c2nc3c4ccsc4c4sccc4c3nc12. The summed E-state index contributed by atoms with van der Waals surface area (Å²) in [5.41, 5.74) is 9.54.